The third-order valence-electron chi connectivity index (χ3n) is 2.48. The molecule has 2 aromatic rings. The Morgan fingerprint density at radius 3 is 2.78 bits per heavy atom. The maximum absolute atomic E-state index is 11.4. The van der Waals surface area contributed by atoms with Gasteiger partial charge in [0.15, 0.2) is 5.69 Å². The van der Waals surface area contributed by atoms with Gasteiger partial charge < -0.3 is 4.74 Å². The summed E-state index contributed by atoms with van der Waals surface area (Å²) in [6, 6.07) is 5.84. The molecule has 0 fully saturated rings. The number of carbonyl (C=O) groups excluding carboxylic acids is 1. The molecule has 5 heteroatoms. The maximum Gasteiger partial charge on any atom is 0.358 e. The van der Waals surface area contributed by atoms with Crippen LogP contribution >= 0.6 is 15.9 Å². The van der Waals surface area contributed by atoms with Crippen molar-refractivity contribution in [2.45, 2.75) is 6.92 Å². The second-order valence-corrected chi connectivity index (χ2v) is 4.60. The molecule has 0 spiro atoms. The monoisotopic (exact) mass is 306 g/mol. The van der Waals surface area contributed by atoms with E-state index >= 15 is 0 Å². The minimum atomic E-state index is -0.488. The number of carbonyl (C=O) groups is 1. The van der Waals surface area contributed by atoms with Gasteiger partial charge in [0, 0.05) is 10.0 Å². The van der Waals surface area contributed by atoms with Crippen molar-refractivity contribution in [3.05, 3.63) is 46.3 Å². The Labute approximate surface area is 113 Å². The van der Waals surface area contributed by atoms with Crippen molar-refractivity contribution in [2.24, 2.45) is 0 Å². The van der Waals surface area contributed by atoms with E-state index in [1.165, 1.54) is 13.3 Å². The maximum atomic E-state index is 11.4. The predicted molar refractivity (Wildman–Crippen MR) is 71.2 cm³/mol. The Morgan fingerprint density at radius 1 is 1.33 bits per heavy atom. The lowest BCUT2D eigenvalue weighted by Crippen LogP contribution is -2.05. The van der Waals surface area contributed by atoms with Gasteiger partial charge in [-0.05, 0) is 24.6 Å². The van der Waals surface area contributed by atoms with Crippen LogP contribution in [-0.2, 0) is 4.74 Å². The van der Waals surface area contributed by atoms with Crippen LogP contribution in [0, 0.1) is 6.92 Å². The fraction of sp³-hybridized carbons (Fsp3) is 0.154. The molecule has 1 aromatic carbocycles. The van der Waals surface area contributed by atoms with E-state index in [9.17, 15) is 4.79 Å². The van der Waals surface area contributed by atoms with Crippen LogP contribution in [0.1, 0.15) is 16.1 Å². The van der Waals surface area contributed by atoms with Crippen LogP contribution in [0.3, 0.4) is 0 Å². The van der Waals surface area contributed by atoms with E-state index in [2.05, 4.69) is 30.6 Å². The first-order valence-corrected chi connectivity index (χ1v) is 6.08. The summed E-state index contributed by atoms with van der Waals surface area (Å²) < 4.78 is 5.65. The standard InChI is InChI=1S/C13H11BrN2O2/c1-8-5-9(3-4-10(8)14)11-6-15-7-12(16-11)13(17)18-2/h3-7H,1-2H3. The number of aromatic nitrogens is 2. The van der Waals surface area contributed by atoms with Crippen molar-refractivity contribution in [2.75, 3.05) is 7.11 Å². The molecule has 0 atom stereocenters. The first-order valence-electron chi connectivity index (χ1n) is 5.28. The molecule has 1 heterocycles. The summed E-state index contributed by atoms with van der Waals surface area (Å²) in [5, 5.41) is 0. The van der Waals surface area contributed by atoms with Crippen LogP contribution in [0.2, 0.25) is 0 Å². The summed E-state index contributed by atoms with van der Waals surface area (Å²) in [4.78, 5) is 19.6. The molecule has 2 rings (SSSR count). The number of halogens is 1. The summed E-state index contributed by atoms with van der Waals surface area (Å²) in [6.07, 6.45) is 3.01. The molecule has 0 amide bonds. The average Bonchev–Trinajstić information content (AvgIpc) is 2.41. The van der Waals surface area contributed by atoms with Gasteiger partial charge in [-0.3, -0.25) is 4.98 Å². The minimum absolute atomic E-state index is 0.204. The highest BCUT2D eigenvalue weighted by Crippen LogP contribution is 2.23. The van der Waals surface area contributed by atoms with E-state index in [-0.39, 0.29) is 5.69 Å². The molecule has 18 heavy (non-hydrogen) atoms. The highest BCUT2D eigenvalue weighted by molar-refractivity contribution is 9.10. The van der Waals surface area contributed by atoms with Crippen LogP contribution < -0.4 is 0 Å². The molecule has 0 saturated carbocycles. The number of hydrogen-bond donors (Lipinski definition) is 0. The molecule has 0 N–H and O–H groups in total. The number of benzene rings is 1. The average molecular weight is 307 g/mol. The lowest BCUT2D eigenvalue weighted by molar-refractivity contribution is 0.0593. The summed E-state index contributed by atoms with van der Waals surface area (Å²) >= 11 is 3.44. The third-order valence-corrected chi connectivity index (χ3v) is 3.37. The van der Waals surface area contributed by atoms with Gasteiger partial charge in [0.25, 0.3) is 0 Å². The number of esters is 1. The third kappa shape index (κ3) is 2.56. The normalized spacial score (nSPS) is 10.2. The second-order valence-electron chi connectivity index (χ2n) is 3.75. The molecule has 0 aliphatic rings. The number of nitrogens with zero attached hydrogens (tertiary/aromatic N) is 2. The molecule has 0 saturated heterocycles. The van der Waals surface area contributed by atoms with Crippen LogP contribution in [0.4, 0.5) is 0 Å². The molecule has 0 aliphatic carbocycles. The van der Waals surface area contributed by atoms with Crippen molar-refractivity contribution in [3.63, 3.8) is 0 Å². The van der Waals surface area contributed by atoms with Crippen molar-refractivity contribution in [1.82, 2.24) is 9.97 Å². The Kier molecular flexibility index (Phi) is 3.72. The van der Waals surface area contributed by atoms with Crippen LogP contribution in [-0.4, -0.2) is 23.0 Å². The Morgan fingerprint density at radius 2 is 2.11 bits per heavy atom. The zero-order chi connectivity index (χ0) is 13.1. The summed E-state index contributed by atoms with van der Waals surface area (Å²) in [5.74, 6) is -0.488. The second kappa shape index (κ2) is 5.27. The van der Waals surface area contributed by atoms with Crippen LogP contribution in [0.15, 0.2) is 35.1 Å². The van der Waals surface area contributed by atoms with E-state index in [1.54, 1.807) is 6.20 Å². The number of methoxy groups -OCH3 is 1. The predicted octanol–water partition coefficient (Wildman–Crippen LogP) is 3.00. The molecule has 0 unspecified atom stereocenters. The topological polar surface area (TPSA) is 52.1 Å². The first kappa shape index (κ1) is 12.7. The van der Waals surface area contributed by atoms with Gasteiger partial charge in [0.1, 0.15) is 0 Å². The van der Waals surface area contributed by atoms with Crippen LogP contribution in [0.25, 0.3) is 11.3 Å². The Balaban J connectivity index is 2.44. The van der Waals surface area contributed by atoms with Crippen molar-refractivity contribution < 1.29 is 9.53 Å². The van der Waals surface area contributed by atoms with E-state index in [4.69, 9.17) is 0 Å². The first-order chi connectivity index (χ1) is 8.61. The Hall–Kier alpha value is -1.75. The highest BCUT2D eigenvalue weighted by Gasteiger charge is 2.10. The Bertz CT molecular complexity index is 599. The number of hydrogen-bond acceptors (Lipinski definition) is 4. The molecular formula is C13H11BrN2O2. The molecule has 4 nitrogen and oxygen atoms in total. The number of ether oxygens (including phenoxy) is 1. The lowest BCUT2D eigenvalue weighted by atomic mass is 10.1. The van der Waals surface area contributed by atoms with Crippen molar-refractivity contribution >= 4 is 21.9 Å². The zero-order valence-corrected chi connectivity index (χ0v) is 11.6. The van der Waals surface area contributed by atoms with Gasteiger partial charge in [-0.15, -0.1) is 0 Å². The van der Waals surface area contributed by atoms with Crippen LogP contribution in [0.5, 0.6) is 0 Å². The molecule has 1 aromatic heterocycles. The molecule has 0 radical (unpaired) electrons. The fourth-order valence-electron chi connectivity index (χ4n) is 1.51. The molecule has 0 bridgehead atoms. The summed E-state index contributed by atoms with van der Waals surface area (Å²) in [6.45, 7) is 1.99. The highest BCUT2D eigenvalue weighted by atomic mass is 79.9. The van der Waals surface area contributed by atoms with E-state index < -0.39 is 5.97 Å². The largest absolute Gasteiger partial charge is 0.464 e. The quantitative estimate of drug-likeness (QED) is 0.800. The van der Waals surface area contributed by atoms with Gasteiger partial charge in [0.2, 0.25) is 0 Å². The molecular weight excluding hydrogens is 296 g/mol. The van der Waals surface area contributed by atoms with Gasteiger partial charge >= 0.3 is 5.97 Å². The van der Waals surface area contributed by atoms with E-state index in [1.807, 2.05) is 25.1 Å². The zero-order valence-electron chi connectivity index (χ0n) is 9.98. The fourth-order valence-corrected chi connectivity index (χ4v) is 1.76. The van der Waals surface area contributed by atoms with Gasteiger partial charge in [-0.2, -0.15) is 0 Å². The van der Waals surface area contributed by atoms with Gasteiger partial charge in [0.05, 0.1) is 25.2 Å². The summed E-state index contributed by atoms with van der Waals surface area (Å²) in [5.41, 5.74) is 2.86. The smallest absolute Gasteiger partial charge is 0.358 e. The van der Waals surface area contributed by atoms with Crippen molar-refractivity contribution in [3.8, 4) is 11.3 Å². The van der Waals surface area contributed by atoms with Gasteiger partial charge in [-0.25, -0.2) is 9.78 Å². The number of rotatable bonds is 2. The minimum Gasteiger partial charge on any atom is -0.464 e. The van der Waals surface area contributed by atoms with E-state index in [0.29, 0.717) is 5.69 Å². The van der Waals surface area contributed by atoms with Crippen molar-refractivity contribution in [1.29, 1.82) is 0 Å². The van der Waals surface area contributed by atoms with E-state index in [0.717, 1.165) is 15.6 Å². The number of aryl methyl sites for hydroxylation is 1. The van der Waals surface area contributed by atoms with Gasteiger partial charge in [-0.1, -0.05) is 22.0 Å². The lowest BCUT2D eigenvalue weighted by Gasteiger charge is -2.05. The molecule has 0 aliphatic heterocycles. The SMILES string of the molecule is COC(=O)c1cncc(-c2ccc(Br)c(C)c2)n1. The molecule has 92 valence electrons. The summed E-state index contributed by atoms with van der Waals surface area (Å²) in [7, 11) is 1.32.